The number of nitrogens with zero attached hydrogens (tertiary/aromatic N) is 3. The van der Waals surface area contributed by atoms with Crippen molar-refractivity contribution in [3.63, 3.8) is 0 Å². The molecule has 0 amide bonds. The van der Waals surface area contributed by atoms with Crippen molar-refractivity contribution in [1.29, 1.82) is 0 Å². The van der Waals surface area contributed by atoms with Crippen molar-refractivity contribution in [3.8, 4) is 67.3 Å². The molecule has 0 aliphatic heterocycles. The van der Waals surface area contributed by atoms with Gasteiger partial charge in [-0.2, -0.15) is 5.10 Å². The Bertz CT molecular complexity index is 2500. The topological polar surface area (TPSA) is 30.2 Å². The van der Waals surface area contributed by atoms with Gasteiger partial charge >= 0.3 is 0 Å². The second-order valence-electron chi connectivity index (χ2n) is 12.3. The van der Waals surface area contributed by atoms with E-state index in [0.29, 0.717) is 0 Å². The molecule has 230 valence electrons. The molecule has 3 heterocycles. The zero-order valence-corrected chi connectivity index (χ0v) is 26.7. The Kier molecular flexibility index (Phi) is 7.14. The first kappa shape index (κ1) is 28.6. The van der Waals surface area contributed by atoms with Crippen LogP contribution in [-0.4, -0.2) is 14.6 Å². The van der Waals surface area contributed by atoms with Crippen LogP contribution in [0.25, 0.3) is 83.6 Å². The highest BCUT2D eigenvalue weighted by atomic mass is 15.2. The molecule has 0 N–H and O–H groups in total. The molecular weight excluding hydrogens is 595 g/mol. The Morgan fingerprint density at radius 1 is 0.367 bits per heavy atom. The SMILES string of the molecule is c1ccc(-c2cc(-c3ccc4c(c3)cc(-c3ccccc3)n3nc(-c5ccccc5)c(-c5ccccc5)c43)cc(-c3ccccc3)n2)cc1. The summed E-state index contributed by atoms with van der Waals surface area (Å²) in [6.07, 6.45) is 0. The highest BCUT2D eigenvalue weighted by Crippen LogP contribution is 2.42. The number of rotatable bonds is 6. The predicted octanol–water partition coefficient (Wildman–Crippen LogP) is 11.9. The molecule has 0 saturated carbocycles. The van der Waals surface area contributed by atoms with Crippen molar-refractivity contribution in [2.75, 3.05) is 0 Å². The van der Waals surface area contributed by atoms with Crippen LogP contribution in [0.5, 0.6) is 0 Å². The van der Waals surface area contributed by atoms with Gasteiger partial charge in [0.25, 0.3) is 0 Å². The van der Waals surface area contributed by atoms with Gasteiger partial charge in [-0.1, -0.05) is 164 Å². The van der Waals surface area contributed by atoms with E-state index in [-0.39, 0.29) is 0 Å². The van der Waals surface area contributed by atoms with Crippen LogP contribution in [0.4, 0.5) is 0 Å². The molecule has 3 heteroatoms. The molecule has 0 unspecified atom stereocenters. The highest BCUT2D eigenvalue weighted by Gasteiger charge is 2.22. The van der Waals surface area contributed by atoms with E-state index >= 15 is 0 Å². The normalized spacial score (nSPS) is 11.3. The number of fused-ring (bicyclic) bond motifs is 3. The Labute approximate surface area is 285 Å². The lowest BCUT2D eigenvalue weighted by molar-refractivity contribution is 0.979. The highest BCUT2D eigenvalue weighted by molar-refractivity contribution is 6.09. The second-order valence-corrected chi connectivity index (χ2v) is 12.3. The summed E-state index contributed by atoms with van der Waals surface area (Å²) < 4.78 is 2.15. The number of hydrogen-bond donors (Lipinski definition) is 0. The van der Waals surface area contributed by atoms with Gasteiger partial charge in [0, 0.05) is 33.2 Å². The summed E-state index contributed by atoms with van der Waals surface area (Å²) in [6.45, 7) is 0. The fourth-order valence-corrected chi connectivity index (χ4v) is 6.83. The molecule has 9 rings (SSSR count). The summed E-state index contributed by atoms with van der Waals surface area (Å²) in [6, 6.07) is 66.1. The summed E-state index contributed by atoms with van der Waals surface area (Å²) >= 11 is 0. The van der Waals surface area contributed by atoms with E-state index in [1.807, 2.05) is 12.1 Å². The number of hydrogen-bond acceptors (Lipinski definition) is 2. The Morgan fingerprint density at radius 2 is 0.857 bits per heavy atom. The number of aromatic nitrogens is 3. The zero-order chi connectivity index (χ0) is 32.6. The maximum Gasteiger partial charge on any atom is 0.101 e. The van der Waals surface area contributed by atoms with E-state index in [4.69, 9.17) is 10.1 Å². The lowest BCUT2D eigenvalue weighted by atomic mass is 9.94. The molecule has 0 saturated heterocycles. The van der Waals surface area contributed by atoms with Gasteiger partial charge in [0.1, 0.15) is 5.69 Å². The van der Waals surface area contributed by atoms with Gasteiger partial charge in [-0.3, -0.25) is 0 Å². The third-order valence-electron chi connectivity index (χ3n) is 9.19. The van der Waals surface area contributed by atoms with Crippen molar-refractivity contribution in [2.24, 2.45) is 0 Å². The van der Waals surface area contributed by atoms with Gasteiger partial charge in [-0.15, -0.1) is 0 Å². The molecule has 0 aliphatic rings. The van der Waals surface area contributed by atoms with Crippen molar-refractivity contribution in [1.82, 2.24) is 14.6 Å². The maximum atomic E-state index is 5.37. The molecule has 0 radical (unpaired) electrons. The molecule has 9 aromatic rings. The van der Waals surface area contributed by atoms with E-state index in [1.54, 1.807) is 0 Å². The zero-order valence-electron chi connectivity index (χ0n) is 26.7. The third kappa shape index (κ3) is 5.28. The molecular formula is C46H31N3. The fraction of sp³-hybridized carbons (Fsp3) is 0. The van der Waals surface area contributed by atoms with Gasteiger partial charge in [0.05, 0.1) is 22.6 Å². The first-order valence-electron chi connectivity index (χ1n) is 16.6. The van der Waals surface area contributed by atoms with Crippen LogP contribution >= 0.6 is 0 Å². The van der Waals surface area contributed by atoms with Crippen LogP contribution in [0, 0.1) is 0 Å². The quantitative estimate of drug-likeness (QED) is 0.184. The second kappa shape index (κ2) is 12.2. The van der Waals surface area contributed by atoms with Crippen molar-refractivity contribution in [2.45, 2.75) is 0 Å². The summed E-state index contributed by atoms with van der Waals surface area (Å²) in [5.41, 5.74) is 13.9. The molecule has 0 fully saturated rings. The van der Waals surface area contributed by atoms with Gasteiger partial charge in [0.15, 0.2) is 0 Å². The van der Waals surface area contributed by atoms with Crippen molar-refractivity contribution < 1.29 is 0 Å². The monoisotopic (exact) mass is 625 g/mol. The lowest BCUT2D eigenvalue weighted by Gasteiger charge is -2.13. The van der Waals surface area contributed by atoms with Crippen LogP contribution < -0.4 is 0 Å². The van der Waals surface area contributed by atoms with Gasteiger partial charge in [-0.25, -0.2) is 9.50 Å². The average molecular weight is 626 g/mol. The minimum atomic E-state index is 0.951. The molecule has 6 aromatic carbocycles. The van der Waals surface area contributed by atoms with E-state index in [0.717, 1.165) is 83.6 Å². The minimum Gasteiger partial charge on any atom is -0.248 e. The predicted molar refractivity (Wildman–Crippen MR) is 203 cm³/mol. The largest absolute Gasteiger partial charge is 0.248 e. The molecule has 0 aliphatic carbocycles. The first-order chi connectivity index (χ1) is 24.3. The van der Waals surface area contributed by atoms with E-state index in [2.05, 4.69) is 180 Å². The van der Waals surface area contributed by atoms with Crippen LogP contribution in [-0.2, 0) is 0 Å². The Morgan fingerprint density at radius 3 is 1.41 bits per heavy atom. The summed E-state index contributed by atoms with van der Waals surface area (Å²) in [7, 11) is 0. The molecule has 3 aromatic heterocycles. The fourth-order valence-electron chi connectivity index (χ4n) is 6.83. The Hall–Kier alpha value is -6.58. The summed E-state index contributed by atoms with van der Waals surface area (Å²) in [5.74, 6) is 0. The molecule has 0 spiro atoms. The number of pyridine rings is 2. The van der Waals surface area contributed by atoms with Crippen LogP contribution in [0.15, 0.2) is 188 Å². The summed E-state index contributed by atoms with van der Waals surface area (Å²) in [5, 5.41) is 7.67. The Balaban J connectivity index is 1.33. The van der Waals surface area contributed by atoms with Gasteiger partial charge in [0.2, 0.25) is 0 Å². The average Bonchev–Trinajstić information content (AvgIpc) is 3.60. The van der Waals surface area contributed by atoms with E-state index < -0.39 is 0 Å². The minimum absolute atomic E-state index is 0.951. The smallest absolute Gasteiger partial charge is 0.101 e. The number of benzene rings is 6. The molecule has 0 bridgehead atoms. The third-order valence-corrected chi connectivity index (χ3v) is 9.19. The van der Waals surface area contributed by atoms with Crippen molar-refractivity contribution >= 4 is 16.3 Å². The van der Waals surface area contributed by atoms with Crippen LogP contribution in [0.2, 0.25) is 0 Å². The van der Waals surface area contributed by atoms with Gasteiger partial charge < -0.3 is 0 Å². The summed E-state index contributed by atoms with van der Waals surface area (Å²) in [4.78, 5) is 5.12. The van der Waals surface area contributed by atoms with E-state index in [1.165, 1.54) is 0 Å². The lowest BCUT2D eigenvalue weighted by Crippen LogP contribution is -1.96. The molecule has 0 atom stereocenters. The van der Waals surface area contributed by atoms with Crippen LogP contribution in [0.3, 0.4) is 0 Å². The van der Waals surface area contributed by atoms with E-state index in [9.17, 15) is 0 Å². The first-order valence-corrected chi connectivity index (χ1v) is 16.6. The van der Waals surface area contributed by atoms with Gasteiger partial charge in [-0.05, 0) is 46.3 Å². The molecule has 49 heavy (non-hydrogen) atoms. The van der Waals surface area contributed by atoms with Crippen LogP contribution in [0.1, 0.15) is 0 Å². The maximum absolute atomic E-state index is 5.37. The van der Waals surface area contributed by atoms with Crippen molar-refractivity contribution in [3.05, 3.63) is 188 Å². The standard InChI is InChI=1S/C46H31N3/c1-6-16-32(17-7-1)41-29-38(30-42(47-41)33-18-8-2-9-19-33)37-26-27-40-39(28-37)31-43(34-20-10-3-11-21-34)49-46(40)44(35-22-12-4-13-23-35)45(48-49)36-24-14-5-15-25-36/h1-31H. The molecule has 3 nitrogen and oxygen atoms in total.